The molecule has 0 bridgehead atoms. The van der Waals surface area contributed by atoms with Crippen LogP contribution in [0.15, 0.2) is 30.5 Å². The topological polar surface area (TPSA) is 43.8 Å². The molecular weight excluding hydrogens is 210 g/mol. The third-order valence-corrected chi connectivity index (χ3v) is 3.52. The number of imidazole rings is 1. The predicted molar refractivity (Wildman–Crippen MR) is 69.7 cm³/mol. The first-order valence-corrected chi connectivity index (χ1v) is 6.17. The molecule has 0 amide bonds. The Hall–Kier alpha value is -1.77. The van der Waals surface area contributed by atoms with Crippen LogP contribution in [0.2, 0.25) is 0 Å². The largest absolute Gasteiger partial charge is 0.398 e. The second-order valence-corrected chi connectivity index (χ2v) is 4.81. The van der Waals surface area contributed by atoms with Crippen molar-refractivity contribution >= 4 is 5.69 Å². The number of hydrogen-bond donors (Lipinski definition) is 1. The van der Waals surface area contributed by atoms with E-state index in [1.165, 1.54) is 18.7 Å². The number of aryl methyl sites for hydroxylation is 1. The Morgan fingerprint density at radius 1 is 1.35 bits per heavy atom. The summed E-state index contributed by atoms with van der Waals surface area (Å²) in [5.74, 6) is 1.76. The van der Waals surface area contributed by atoms with Gasteiger partial charge in [0.05, 0.1) is 5.69 Å². The molecule has 0 spiro atoms. The molecule has 3 heteroatoms. The summed E-state index contributed by atoms with van der Waals surface area (Å²) in [5, 5.41) is 0. The zero-order valence-electron chi connectivity index (χ0n) is 10.1. The highest BCUT2D eigenvalue weighted by Gasteiger charge is 2.19. The highest BCUT2D eigenvalue weighted by atomic mass is 15.1. The molecule has 1 aliphatic heterocycles. The zero-order chi connectivity index (χ0) is 11.8. The first-order valence-electron chi connectivity index (χ1n) is 6.17. The average Bonchev–Trinajstić information content (AvgIpc) is 2.75. The van der Waals surface area contributed by atoms with Gasteiger partial charge in [0.25, 0.3) is 0 Å². The summed E-state index contributed by atoms with van der Waals surface area (Å²) < 4.78 is 2.27. The van der Waals surface area contributed by atoms with Crippen LogP contribution in [0.1, 0.15) is 31.5 Å². The van der Waals surface area contributed by atoms with Crippen molar-refractivity contribution in [3.63, 3.8) is 0 Å². The molecule has 0 fully saturated rings. The van der Waals surface area contributed by atoms with Gasteiger partial charge in [0.15, 0.2) is 0 Å². The first-order chi connectivity index (χ1) is 8.25. The second kappa shape index (κ2) is 3.91. The van der Waals surface area contributed by atoms with Crippen LogP contribution in [0, 0.1) is 0 Å². The SMILES string of the molecule is C[C@@H]1CCCn2cc(-c3ccccc3N)nc21. The number of anilines is 1. The van der Waals surface area contributed by atoms with Gasteiger partial charge in [0.1, 0.15) is 5.82 Å². The average molecular weight is 227 g/mol. The minimum absolute atomic E-state index is 0.558. The standard InChI is InChI=1S/C14H17N3/c1-10-5-4-8-17-9-13(16-14(10)17)11-6-2-3-7-12(11)15/h2-3,6-7,9-10H,4-5,8,15H2,1H3/t10-/m1/s1. The molecule has 1 aliphatic rings. The number of para-hydroxylation sites is 1. The summed E-state index contributed by atoms with van der Waals surface area (Å²) in [6, 6.07) is 7.93. The summed E-state index contributed by atoms with van der Waals surface area (Å²) in [6.07, 6.45) is 4.62. The van der Waals surface area contributed by atoms with Gasteiger partial charge in [-0.05, 0) is 18.9 Å². The van der Waals surface area contributed by atoms with Crippen LogP contribution in [-0.4, -0.2) is 9.55 Å². The normalized spacial score (nSPS) is 19.0. The number of nitrogen functional groups attached to an aromatic ring is 1. The fraction of sp³-hybridized carbons (Fsp3) is 0.357. The van der Waals surface area contributed by atoms with E-state index in [9.17, 15) is 0 Å². The summed E-state index contributed by atoms with van der Waals surface area (Å²) in [5.41, 5.74) is 8.85. The molecule has 88 valence electrons. The molecular formula is C14H17N3. The van der Waals surface area contributed by atoms with Crippen molar-refractivity contribution in [1.82, 2.24) is 9.55 Å². The molecule has 1 aromatic carbocycles. The summed E-state index contributed by atoms with van der Waals surface area (Å²) in [7, 11) is 0. The maximum absolute atomic E-state index is 6.00. The quantitative estimate of drug-likeness (QED) is 0.761. The highest BCUT2D eigenvalue weighted by molar-refractivity contribution is 5.73. The molecule has 0 unspecified atom stereocenters. The minimum Gasteiger partial charge on any atom is -0.398 e. The van der Waals surface area contributed by atoms with E-state index in [1.54, 1.807) is 0 Å². The number of hydrogen-bond acceptors (Lipinski definition) is 2. The lowest BCUT2D eigenvalue weighted by molar-refractivity contribution is 0.463. The van der Waals surface area contributed by atoms with Gasteiger partial charge in [-0.2, -0.15) is 0 Å². The van der Waals surface area contributed by atoms with E-state index in [0.29, 0.717) is 5.92 Å². The number of nitrogens with zero attached hydrogens (tertiary/aromatic N) is 2. The van der Waals surface area contributed by atoms with E-state index in [-0.39, 0.29) is 0 Å². The van der Waals surface area contributed by atoms with E-state index < -0.39 is 0 Å². The van der Waals surface area contributed by atoms with Gasteiger partial charge in [-0.25, -0.2) is 4.98 Å². The Kier molecular flexibility index (Phi) is 2.39. The molecule has 2 aromatic rings. The highest BCUT2D eigenvalue weighted by Crippen LogP contribution is 2.31. The molecule has 1 atom stereocenters. The summed E-state index contributed by atoms with van der Waals surface area (Å²) >= 11 is 0. The number of fused-ring (bicyclic) bond motifs is 1. The van der Waals surface area contributed by atoms with Crippen LogP contribution >= 0.6 is 0 Å². The third-order valence-electron chi connectivity index (χ3n) is 3.52. The van der Waals surface area contributed by atoms with Gasteiger partial charge in [0, 0.05) is 29.9 Å². The lowest BCUT2D eigenvalue weighted by atomic mass is 10.0. The maximum atomic E-state index is 6.00. The Morgan fingerprint density at radius 3 is 2.94 bits per heavy atom. The number of benzene rings is 1. The number of nitrogens with two attached hydrogens (primary N) is 1. The van der Waals surface area contributed by atoms with E-state index in [4.69, 9.17) is 10.7 Å². The van der Waals surface area contributed by atoms with Gasteiger partial charge in [-0.1, -0.05) is 25.1 Å². The van der Waals surface area contributed by atoms with E-state index in [2.05, 4.69) is 17.7 Å². The molecule has 0 saturated carbocycles. The van der Waals surface area contributed by atoms with Crippen molar-refractivity contribution in [1.29, 1.82) is 0 Å². The summed E-state index contributed by atoms with van der Waals surface area (Å²) in [4.78, 5) is 4.75. The number of rotatable bonds is 1. The molecule has 3 rings (SSSR count). The fourth-order valence-corrected chi connectivity index (χ4v) is 2.56. The smallest absolute Gasteiger partial charge is 0.112 e. The monoisotopic (exact) mass is 227 g/mol. The Morgan fingerprint density at radius 2 is 2.18 bits per heavy atom. The van der Waals surface area contributed by atoms with Crippen LogP contribution in [0.4, 0.5) is 5.69 Å². The number of aromatic nitrogens is 2. The predicted octanol–water partition coefficient (Wildman–Crippen LogP) is 3.03. The molecule has 1 aromatic heterocycles. The second-order valence-electron chi connectivity index (χ2n) is 4.81. The van der Waals surface area contributed by atoms with Crippen molar-refractivity contribution < 1.29 is 0 Å². The van der Waals surface area contributed by atoms with Crippen molar-refractivity contribution in [3.8, 4) is 11.3 Å². The van der Waals surface area contributed by atoms with Gasteiger partial charge < -0.3 is 10.3 Å². The van der Waals surface area contributed by atoms with Gasteiger partial charge in [-0.3, -0.25) is 0 Å². The van der Waals surface area contributed by atoms with Crippen LogP contribution in [0.3, 0.4) is 0 Å². The first kappa shape index (κ1) is 10.4. The van der Waals surface area contributed by atoms with E-state index in [0.717, 1.165) is 23.5 Å². The van der Waals surface area contributed by atoms with Crippen molar-refractivity contribution in [2.75, 3.05) is 5.73 Å². The molecule has 2 N–H and O–H groups in total. The van der Waals surface area contributed by atoms with E-state index in [1.807, 2.05) is 24.3 Å². The maximum Gasteiger partial charge on any atom is 0.112 e. The lowest BCUT2D eigenvalue weighted by Crippen LogP contribution is -2.12. The van der Waals surface area contributed by atoms with Crippen molar-refractivity contribution in [2.24, 2.45) is 0 Å². The molecule has 17 heavy (non-hydrogen) atoms. The van der Waals surface area contributed by atoms with Crippen LogP contribution < -0.4 is 5.73 Å². The molecule has 2 heterocycles. The fourth-order valence-electron chi connectivity index (χ4n) is 2.56. The Labute approximate surface area is 101 Å². The van der Waals surface area contributed by atoms with Crippen molar-refractivity contribution in [2.45, 2.75) is 32.2 Å². The van der Waals surface area contributed by atoms with E-state index >= 15 is 0 Å². The summed E-state index contributed by atoms with van der Waals surface area (Å²) in [6.45, 7) is 3.33. The third kappa shape index (κ3) is 1.71. The molecule has 0 aliphatic carbocycles. The Bertz CT molecular complexity index is 542. The minimum atomic E-state index is 0.558. The molecule has 3 nitrogen and oxygen atoms in total. The van der Waals surface area contributed by atoms with Gasteiger partial charge >= 0.3 is 0 Å². The van der Waals surface area contributed by atoms with Crippen LogP contribution in [0.5, 0.6) is 0 Å². The lowest BCUT2D eigenvalue weighted by Gasteiger charge is -2.19. The zero-order valence-corrected chi connectivity index (χ0v) is 10.1. The molecule has 0 saturated heterocycles. The van der Waals surface area contributed by atoms with Gasteiger partial charge in [0.2, 0.25) is 0 Å². The Balaban J connectivity index is 2.08. The van der Waals surface area contributed by atoms with Crippen molar-refractivity contribution in [3.05, 3.63) is 36.3 Å². The van der Waals surface area contributed by atoms with Crippen LogP contribution in [0.25, 0.3) is 11.3 Å². The van der Waals surface area contributed by atoms with Crippen LogP contribution in [-0.2, 0) is 6.54 Å². The van der Waals surface area contributed by atoms with Gasteiger partial charge in [-0.15, -0.1) is 0 Å². The molecule has 0 radical (unpaired) electrons.